The number of aryl methyl sites for hydroxylation is 1. The minimum absolute atomic E-state index is 0.193. The summed E-state index contributed by atoms with van der Waals surface area (Å²) < 4.78 is 15.7. The molecule has 0 radical (unpaired) electrons. The molecule has 4 heterocycles. The maximum atomic E-state index is 14.4. The lowest BCUT2D eigenvalue weighted by Crippen LogP contribution is -2.49. The highest BCUT2D eigenvalue weighted by molar-refractivity contribution is 5.97. The maximum absolute atomic E-state index is 14.4. The van der Waals surface area contributed by atoms with Crippen LogP contribution in [0.3, 0.4) is 0 Å². The number of carbonyl (C=O) groups is 1. The van der Waals surface area contributed by atoms with E-state index >= 15 is 0 Å². The van der Waals surface area contributed by atoms with E-state index in [0.717, 1.165) is 6.42 Å². The number of nitrogens with zero attached hydrogens (tertiary/aromatic N) is 7. The minimum atomic E-state index is -0.597. The van der Waals surface area contributed by atoms with Crippen LogP contribution in [-0.4, -0.2) is 66.7 Å². The molecular weight excluding hydrogens is 451 g/mol. The van der Waals surface area contributed by atoms with E-state index in [1.807, 2.05) is 0 Å². The molecule has 0 spiro atoms. The Morgan fingerprint density at radius 1 is 1.23 bits per heavy atom. The lowest BCUT2D eigenvalue weighted by atomic mass is 9.83. The summed E-state index contributed by atoms with van der Waals surface area (Å²) in [6, 6.07) is 5.01. The van der Waals surface area contributed by atoms with Gasteiger partial charge in [-0.15, -0.1) is 5.10 Å². The molecule has 1 aromatic carbocycles. The number of carbonyl (C=O) groups excluding carboxylic acids is 1. The van der Waals surface area contributed by atoms with E-state index in [4.69, 9.17) is 5.73 Å². The average Bonchev–Trinajstić information content (AvgIpc) is 3.29. The molecule has 4 N–H and O–H groups in total. The van der Waals surface area contributed by atoms with Crippen molar-refractivity contribution in [2.75, 3.05) is 30.3 Å². The number of hydrogen-bond donors (Lipinski definition) is 3. The van der Waals surface area contributed by atoms with Crippen LogP contribution in [0.4, 0.5) is 21.8 Å². The van der Waals surface area contributed by atoms with Crippen molar-refractivity contribution >= 4 is 23.4 Å². The second kappa shape index (κ2) is 9.90. The number of amides is 1. The number of anilines is 3. The summed E-state index contributed by atoms with van der Waals surface area (Å²) in [6.07, 6.45) is 7.46. The highest BCUT2D eigenvalue weighted by Crippen LogP contribution is 2.31. The Hall–Kier alpha value is -3.67. The Morgan fingerprint density at radius 2 is 2.09 bits per heavy atom. The summed E-state index contributed by atoms with van der Waals surface area (Å²) in [5.41, 5.74) is 6.55. The molecule has 2 aromatic heterocycles. The molecule has 184 valence electrons. The number of benzene rings is 1. The van der Waals surface area contributed by atoms with E-state index in [-0.39, 0.29) is 17.2 Å². The Balaban J connectivity index is 1.35. The SMILES string of the molecule is Cc1nnnn1-c1cc(Nc2ncc(C(N)=O)c(NCC3CCCN4CCCCC34)n2)ccc1F. The van der Waals surface area contributed by atoms with Crippen molar-refractivity contribution in [2.45, 2.75) is 45.1 Å². The zero-order valence-electron chi connectivity index (χ0n) is 19.6. The Morgan fingerprint density at radius 3 is 2.89 bits per heavy atom. The summed E-state index contributed by atoms with van der Waals surface area (Å²) in [7, 11) is 0. The fourth-order valence-corrected chi connectivity index (χ4v) is 5.14. The summed E-state index contributed by atoms with van der Waals surface area (Å²) in [6.45, 7) is 4.72. The number of hydrogen-bond acceptors (Lipinski definition) is 9. The van der Waals surface area contributed by atoms with E-state index < -0.39 is 11.7 Å². The number of tetrazole rings is 1. The molecule has 0 aliphatic carbocycles. The van der Waals surface area contributed by atoms with Crippen LogP contribution in [0.1, 0.15) is 48.3 Å². The third kappa shape index (κ3) is 4.92. The van der Waals surface area contributed by atoms with Gasteiger partial charge in [0.1, 0.15) is 17.3 Å². The standard InChI is InChI=1S/C23H29FN10O/c1-14-30-31-32-34(14)20-11-16(7-8-18(20)24)28-23-27-13-17(21(25)35)22(29-23)26-12-15-5-4-10-33-9-3-2-6-19(15)33/h7-8,11,13,15,19H,2-6,9-10,12H2,1H3,(H2,25,35)(H2,26,27,28,29). The van der Waals surface area contributed by atoms with Gasteiger partial charge in [0.2, 0.25) is 5.95 Å². The van der Waals surface area contributed by atoms with Crippen molar-refractivity contribution in [1.82, 2.24) is 35.1 Å². The first kappa shape index (κ1) is 23.1. The fourth-order valence-electron chi connectivity index (χ4n) is 5.14. The summed E-state index contributed by atoms with van der Waals surface area (Å²) in [4.78, 5) is 23.4. The van der Waals surface area contributed by atoms with Gasteiger partial charge in [0.15, 0.2) is 5.82 Å². The van der Waals surface area contributed by atoms with Crippen molar-refractivity contribution < 1.29 is 9.18 Å². The van der Waals surface area contributed by atoms with Crippen molar-refractivity contribution in [2.24, 2.45) is 11.7 Å². The third-order valence-corrected chi connectivity index (χ3v) is 6.87. The molecule has 35 heavy (non-hydrogen) atoms. The molecule has 0 saturated carbocycles. The topological polar surface area (TPSA) is 140 Å². The van der Waals surface area contributed by atoms with Crippen molar-refractivity contribution in [3.63, 3.8) is 0 Å². The molecule has 2 fully saturated rings. The molecule has 2 aliphatic rings. The molecule has 2 saturated heterocycles. The average molecular weight is 481 g/mol. The fraction of sp³-hybridized carbons (Fsp3) is 0.478. The van der Waals surface area contributed by atoms with Gasteiger partial charge in [-0.25, -0.2) is 9.37 Å². The van der Waals surface area contributed by atoms with Gasteiger partial charge in [0.05, 0.1) is 5.56 Å². The van der Waals surface area contributed by atoms with Crippen molar-refractivity contribution in [3.8, 4) is 5.69 Å². The predicted octanol–water partition coefficient (Wildman–Crippen LogP) is 2.42. The first-order valence-electron chi connectivity index (χ1n) is 12.0. The molecule has 3 aromatic rings. The van der Waals surface area contributed by atoms with E-state index in [0.29, 0.717) is 35.8 Å². The normalized spacial score (nSPS) is 20.3. The molecule has 0 bridgehead atoms. The summed E-state index contributed by atoms with van der Waals surface area (Å²) in [5, 5.41) is 17.6. The second-order valence-electron chi connectivity index (χ2n) is 9.13. The van der Waals surface area contributed by atoms with Gasteiger partial charge in [0.25, 0.3) is 5.91 Å². The smallest absolute Gasteiger partial charge is 0.254 e. The number of rotatable bonds is 7. The minimum Gasteiger partial charge on any atom is -0.369 e. The number of primary amides is 1. The van der Waals surface area contributed by atoms with Gasteiger partial charge in [-0.05, 0) is 80.2 Å². The van der Waals surface area contributed by atoms with Crippen LogP contribution in [0.5, 0.6) is 0 Å². The van der Waals surface area contributed by atoms with Crippen LogP contribution in [-0.2, 0) is 0 Å². The Kier molecular flexibility index (Phi) is 6.53. The number of fused-ring (bicyclic) bond motifs is 1. The van der Waals surface area contributed by atoms with Crippen LogP contribution >= 0.6 is 0 Å². The number of nitrogens with two attached hydrogens (primary N) is 1. The molecule has 2 unspecified atom stereocenters. The number of piperidine rings is 2. The van der Waals surface area contributed by atoms with E-state index in [1.165, 1.54) is 55.7 Å². The van der Waals surface area contributed by atoms with Gasteiger partial charge in [-0.3, -0.25) is 4.79 Å². The molecule has 5 rings (SSSR count). The molecule has 2 aliphatic heterocycles. The largest absolute Gasteiger partial charge is 0.369 e. The summed E-state index contributed by atoms with van der Waals surface area (Å²) >= 11 is 0. The lowest BCUT2D eigenvalue weighted by Gasteiger charge is -2.44. The Bertz CT molecular complexity index is 1210. The number of nitrogens with one attached hydrogen (secondary N) is 2. The zero-order valence-corrected chi connectivity index (χ0v) is 19.6. The van der Waals surface area contributed by atoms with E-state index in [2.05, 4.69) is 41.0 Å². The van der Waals surface area contributed by atoms with E-state index in [9.17, 15) is 9.18 Å². The monoisotopic (exact) mass is 480 g/mol. The van der Waals surface area contributed by atoms with Gasteiger partial charge in [-0.1, -0.05) is 6.42 Å². The van der Waals surface area contributed by atoms with Gasteiger partial charge < -0.3 is 21.3 Å². The van der Waals surface area contributed by atoms with Gasteiger partial charge in [0, 0.05) is 24.5 Å². The first-order valence-corrected chi connectivity index (χ1v) is 12.0. The second-order valence-corrected chi connectivity index (χ2v) is 9.13. The Labute approximate surface area is 202 Å². The molecule has 11 nitrogen and oxygen atoms in total. The third-order valence-electron chi connectivity index (χ3n) is 6.87. The lowest BCUT2D eigenvalue weighted by molar-refractivity contribution is 0.0649. The predicted molar refractivity (Wildman–Crippen MR) is 128 cm³/mol. The molecule has 12 heteroatoms. The molecular formula is C23H29FN10O. The van der Waals surface area contributed by atoms with Gasteiger partial charge >= 0.3 is 0 Å². The van der Waals surface area contributed by atoms with Crippen LogP contribution in [0.25, 0.3) is 5.69 Å². The summed E-state index contributed by atoms with van der Waals surface area (Å²) in [5.74, 6) is 0.514. The zero-order chi connectivity index (χ0) is 24.4. The van der Waals surface area contributed by atoms with Crippen LogP contribution in [0.15, 0.2) is 24.4 Å². The van der Waals surface area contributed by atoms with Crippen molar-refractivity contribution in [3.05, 3.63) is 41.6 Å². The van der Waals surface area contributed by atoms with Crippen LogP contribution < -0.4 is 16.4 Å². The molecule has 1 amide bonds. The number of aromatic nitrogens is 6. The van der Waals surface area contributed by atoms with Crippen LogP contribution in [0, 0.1) is 18.7 Å². The number of halogens is 1. The maximum Gasteiger partial charge on any atom is 0.254 e. The highest BCUT2D eigenvalue weighted by Gasteiger charge is 2.33. The molecule has 2 atom stereocenters. The quantitative estimate of drug-likeness (QED) is 0.465. The van der Waals surface area contributed by atoms with Crippen LogP contribution in [0.2, 0.25) is 0 Å². The van der Waals surface area contributed by atoms with E-state index in [1.54, 1.807) is 19.1 Å². The van der Waals surface area contributed by atoms with Crippen molar-refractivity contribution in [1.29, 1.82) is 0 Å². The van der Waals surface area contributed by atoms with Gasteiger partial charge in [-0.2, -0.15) is 9.67 Å². The highest BCUT2D eigenvalue weighted by atomic mass is 19.1. The first-order chi connectivity index (χ1) is 17.0.